The normalized spacial score (nSPS) is 23.6. The number of likely N-dealkylation sites (tertiary alicyclic amines) is 1. The molecule has 2 N–H and O–H groups in total. The minimum absolute atomic E-state index is 0.00916. The fraction of sp³-hybridized carbons (Fsp3) is 0.560. The van der Waals surface area contributed by atoms with E-state index < -0.39 is 28.2 Å². The molecule has 1 saturated carbocycles. The number of hydrogen-bond acceptors (Lipinski definition) is 7. The summed E-state index contributed by atoms with van der Waals surface area (Å²) in [6.45, 7) is -0.0147. The molecular formula is C25H33BN2O7S. The maximum absolute atomic E-state index is 12.8. The van der Waals surface area contributed by atoms with E-state index >= 15 is 0 Å². The van der Waals surface area contributed by atoms with Gasteiger partial charge in [-0.15, -0.1) is 0 Å². The maximum Gasteiger partial charge on any atom is 0.309 e. The summed E-state index contributed by atoms with van der Waals surface area (Å²) in [7, 11) is 2.93. The van der Waals surface area contributed by atoms with Crippen LogP contribution in [0.3, 0.4) is 0 Å². The first kappa shape index (κ1) is 27.9. The summed E-state index contributed by atoms with van der Waals surface area (Å²) in [5.41, 5.74) is 5.90. The molecule has 9 nitrogen and oxygen atoms in total. The number of ether oxygens (including phenoxy) is 1. The van der Waals surface area contributed by atoms with Gasteiger partial charge in [0.25, 0.3) is 10.1 Å². The molecule has 0 aromatic heterocycles. The SMILES string of the molecule is [B]c1ccc(S(=O)(=O)O[C@H]2C[C@@H](C(N)=O)N(C(=O)CCCCCC/C=C\[C@@H]3C[C@@H]3C(=O)OC)C2)cc1. The van der Waals surface area contributed by atoms with Crippen molar-refractivity contribution >= 4 is 41.2 Å². The average molecular weight is 516 g/mol. The Labute approximate surface area is 213 Å². The zero-order valence-electron chi connectivity index (χ0n) is 20.5. The quantitative estimate of drug-likeness (QED) is 0.138. The second-order valence-electron chi connectivity index (χ2n) is 9.35. The van der Waals surface area contributed by atoms with E-state index in [1.54, 1.807) is 0 Å². The fourth-order valence-electron chi connectivity index (χ4n) is 4.44. The highest BCUT2D eigenvalue weighted by molar-refractivity contribution is 7.86. The van der Waals surface area contributed by atoms with Crippen molar-refractivity contribution in [2.45, 2.75) is 68.4 Å². The number of methoxy groups -OCH3 is 1. The number of rotatable bonds is 13. The van der Waals surface area contributed by atoms with Crippen molar-refractivity contribution in [3.8, 4) is 0 Å². The summed E-state index contributed by atoms with van der Waals surface area (Å²) in [4.78, 5) is 37.4. The Morgan fingerprint density at radius 3 is 2.47 bits per heavy atom. The number of benzene rings is 1. The number of unbranched alkanes of at least 4 members (excludes halogenated alkanes) is 4. The van der Waals surface area contributed by atoms with Crippen molar-refractivity contribution in [2.75, 3.05) is 13.7 Å². The first-order valence-electron chi connectivity index (χ1n) is 12.2. The van der Waals surface area contributed by atoms with Crippen LogP contribution in [0.25, 0.3) is 0 Å². The molecule has 1 heterocycles. The van der Waals surface area contributed by atoms with E-state index in [-0.39, 0.29) is 42.1 Å². The molecular weight excluding hydrogens is 483 g/mol. The lowest BCUT2D eigenvalue weighted by Crippen LogP contribution is -2.43. The highest BCUT2D eigenvalue weighted by Crippen LogP contribution is 2.40. The summed E-state index contributed by atoms with van der Waals surface area (Å²) in [6, 6.07) is 4.70. The zero-order valence-corrected chi connectivity index (χ0v) is 21.3. The van der Waals surface area contributed by atoms with Crippen LogP contribution in [0.2, 0.25) is 0 Å². The van der Waals surface area contributed by atoms with E-state index in [0.29, 0.717) is 17.8 Å². The lowest BCUT2D eigenvalue weighted by atomic mass is 9.97. The topological polar surface area (TPSA) is 133 Å². The van der Waals surface area contributed by atoms with Gasteiger partial charge in [0.1, 0.15) is 13.9 Å². The molecule has 4 atom stereocenters. The Hall–Kier alpha value is -2.66. The van der Waals surface area contributed by atoms with Gasteiger partial charge in [-0.1, -0.05) is 42.6 Å². The number of nitrogens with zero attached hydrogens (tertiary/aromatic N) is 1. The van der Waals surface area contributed by atoms with Crippen LogP contribution in [-0.2, 0) is 33.4 Å². The van der Waals surface area contributed by atoms with Crippen molar-refractivity contribution in [3.05, 3.63) is 36.4 Å². The number of esters is 1. The van der Waals surface area contributed by atoms with Gasteiger partial charge in [-0.25, -0.2) is 0 Å². The Bertz CT molecular complexity index is 1070. The Morgan fingerprint density at radius 2 is 1.81 bits per heavy atom. The zero-order chi connectivity index (χ0) is 26.3. The maximum atomic E-state index is 12.8. The van der Waals surface area contributed by atoms with Crippen LogP contribution in [0, 0.1) is 11.8 Å². The van der Waals surface area contributed by atoms with Gasteiger partial charge in [0.05, 0.1) is 24.0 Å². The van der Waals surface area contributed by atoms with Gasteiger partial charge in [0, 0.05) is 19.4 Å². The van der Waals surface area contributed by atoms with E-state index in [1.165, 1.54) is 36.3 Å². The monoisotopic (exact) mass is 516 g/mol. The van der Waals surface area contributed by atoms with Crippen molar-refractivity contribution in [3.63, 3.8) is 0 Å². The van der Waals surface area contributed by atoms with E-state index in [9.17, 15) is 22.8 Å². The molecule has 2 fully saturated rings. The predicted molar refractivity (Wildman–Crippen MR) is 134 cm³/mol. The van der Waals surface area contributed by atoms with Crippen molar-refractivity contribution in [1.29, 1.82) is 0 Å². The molecule has 11 heteroatoms. The molecule has 1 aromatic rings. The fourth-order valence-corrected chi connectivity index (χ4v) is 5.52. The standard InChI is InChI=1S/C25H33BN2O7S/c1-34-25(31)21-14-17(21)8-6-4-2-3-5-7-9-23(29)28-16-19(15-22(28)24(27)30)35-36(32,33)20-12-10-18(26)11-13-20/h6,8,10-13,17,19,21-22H,2-5,7,9,14-16H2,1H3,(H2,27,30)/b8-6-/t17-,19+,21+,22+/m1/s1. The second-order valence-corrected chi connectivity index (χ2v) is 10.9. The predicted octanol–water partition coefficient (Wildman–Crippen LogP) is 1.35. The van der Waals surface area contributed by atoms with Gasteiger partial charge >= 0.3 is 5.97 Å². The summed E-state index contributed by atoms with van der Waals surface area (Å²) >= 11 is 0. The molecule has 0 spiro atoms. The van der Waals surface area contributed by atoms with Crippen LogP contribution >= 0.6 is 0 Å². The molecule has 3 rings (SSSR count). The second kappa shape index (κ2) is 12.5. The molecule has 1 aliphatic carbocycles. The molecule has 0 bridgehead atoms. The van der Waals surface area contributed by atoms with Crippen molar-refractivity contribution < 1.29 is 31.7 Å². The Morgan fingerprint density at radius 1 is 1.11 bits per heavy atom. The molecule has 0 unspecified atom stereocenters. The van der Waals surface area contributed by atoms with Crippen LogP contribution in [0.5, 0.6) is 0 Å². The third kappa shape index (κ3) is 7.67. The summed E-state index contributed by atoms with van der Waals surface area (Å²) in [5, 5.41) is 0. The highest BCUT2D eigenvalue weighted by atomic mass is 32.2. The molecule has 2 aliphatic rings. The van der Waals surface area contributed by atoms with Crippen LogP contribution in [0.1, 0.15) is 51.4 Å². The number of carbonyl (C=O) groups excluding carboxylic acids is 3. The third-order valence-corrected chi connectivity index (χ3v) is 7.96. The van der Waals surface area contributed by atoms with Gasteiger partial charge in [-0.3, -0.25) is 18.6 Å². The molecule has 1 saturated heterocycles. The van der Waals surface area contributed by atoms with Crippen LogP contribution in [0.4, 0.5) is 0 Å². The molecule has 2 amide bonds. The van der Waals surface area contributed by atoms with Gasteiger partial charge in [0.15, 0.2) is 0 Å². The summed E-state index contributed by atoms with van der Waals surface area (Å²) in [6.07, 6.45) is 8.81. The number of hydrogen-bond donors (Lipinski definition) is 1. The molecule has 1 aliphatic heterocycles. The third-order valence-electron chi connectivity index (χ3n) is 6.58. The smallest absolute Gasteiger partial charge is 0.309 e. The summed E-state index contributed by atoms with van der Waals surface area (Å²) in [5.74, 6) is -0.765. The number of primary amides is 1. The largest absolute Gasteiger partial charge is 0.469 e. The Balaban J connectivity index is 1.38. The van der Waals surface area contributed by atoms with Gasteiger partial charge < -0.3 is 15.4 Å². The van der Waals surface area contributed by atoms with E-state index in [0.717, 1.165) is 32.1 Å². The first-order valence-corrected chi connectivity index (χ1v) is 13.6. The first-order chi connectivity index (χ1) is 17.1. The van der Waals surface area contributed by atoms with Crippen LogP contribution in [0.15, 0.2) is 41.3 Å². The summed E-state index contributed by atoms with van der Waals surface area (Å²) < 4.78 is 35.2. The van der Waals surface area contributed by atoms with E-state index in [1.807, 2.05) is 0 Å². The lowest BCUT2D eigenvalue weighted by molar-refractivity contribution is -0.142. The van der Waals surface area contributed by atoms with Gasteiger partial charge in [0.2, 0.25) is 11.8 Å². The van der Waals surface area contributed by atoms with Gasteiger partial charge in [-0.2, -0.15) is 8.42 Å². The van der Waals surface area contributed by atoms with Crippen molar-refractivity contribution in [2.24, 2.45) is 17.6 Å². The molecule has 2 radical (unpaired) electrons. The lowest BCUT2D eigenvalue weighted by Gasteiger charge is -2.22. The molecule has 1 aromatic carbocycles. The van der Waals surface area contributed by atoms with Gasteiger partial charge in [-0.05, 0) is 43.7 Å². The highest BCUT2D eigenvalue weighted by Gasteiger charge is 2.42. The average Bonchev–Trinajstić information content (AvgIpc) is 3.49. The minimum atomic E-state index is -4.08. The minimum Gasteiger partial charge on any atom is -0.469 e. The van der Waals surface area contributed by atoms with Crippen LogP contribution in [-0.4, -0.2) is 64.7 Å². The number of amides is 2. The van der Waals surface area contributed by atoms with Crippen LogP contribution < -0.4 is 11.2 Å². The van der Waals surface area contributed by atoms with Crippen molar-refractivity contribution in [1.82, 2.24) is 4.90 Å². The molecule has 36 heavy (non-hydrogen) atoms. The number of carbonyl (C=O) groups is 3. The van der Waals surface area contributed by atoms with E-state index in [2.05, 4.69) is 12.2 Å². The molecule has 194 valence electrons. The number of nitrogens with two attached hydrogens (primary N) is 1. The Kier molecular flexibility index (Phi) is 9.73. The van der Waals surface area contributed by atoms with E-state index in [4.69, 9.17) is 22.5 Å². The number of allylic oxidation sites excluding steroid dienone is 2.